The zero-order chi connectivity index (χ0) is 14.1. The van der Waals surface area contributed by atoms with Gasteiger partial charge in [0.15, 0.2) is 0 Å². The molecule has 0 bridgehead atoms. The molecule has 0 aliphatic heterocycles. The van der Waals surface area contributed by atoms with Crippen LogP contribution in [0, 0.1) is 0 Å². The molecule has 0 aliphatic rings. The lowest BCUT2D eigenvalue weighted by molar-refractivity contribution is 0.501. The predicted molar refractivity (Wildman–Crippen MR) is 79.9 cm³/mol. The number of hydrogen-bond acceptors (Lipinski definition) is 3. The van der Waals surface area contributed by atoms with Crippen molar-refractivity contribution < 1.29 is 8.42 Å². The van der Waals surface area contributed by atoms with E-state index >= 15 is 0 Å². The molecule has 0 saturated heterocycles. The van der Waals surface area contributed by atoms with Crippen LogP contribution in [0.3, 0.4) is 0 Å². The second-order valence-electron chi connectivity index (χ2n) is 4.98. The van der Waals surface area contributed by atoms with Crippen LogP contribution >= 0.6 is 15.9 Å². The number of fused-ring (bicyclic) bond motifs is 1. The van der Waals surface area contributed by atoms with E-state index in [2.05, 4.69) is 25.6 Å². The lowest BCUT2D eigenvalue weighted by Crippen LogP contribution is -2.44. The summed E-state index contributed by atoms with van der Waals surface area (Å²) in [5.41, 5.74) is -0.548. The smallest absolute Gasteiger partial charge is 0.241 e. The number of nitrogens with zero attached hydrogens (tertiary/aromatic N) is 1. The topological polar surface area (TPSA) is 59.1 Å². The Bertz CT molecular complexity index is 693. The predicted octanol–water partition coefficient (Wildman–Crippen LogP) is 2.69. The summed E-state index contributed by atoms with van der Waals surface area (Å²) in [6.07, 6.45) is 3.25. The molecule has 2 aromatic rings. The molecule has 0 amide bonds. The van der Waals surface area contributed by atoms with Crippen LogP contribution in [-0.4, -0.2) is 24.3 Å². The van der Waals surface area contributed by atoms with Crippen molar-refractivity contribution in [2.75, 3.05) is 5.33 Å². The fourth-order valence-corrected chi connectivity index (χ4v) is 3.74. The van der Waals surface area contributed by atoms with Gasteiger partial charge in [0.25, 0.3) is 0 Å². The van der Waals surface area contributed by atoms with Gasteiger partial charge in [0, 0.05) is 34.0 Å². The molecule has 4 nitrogen and oxygen atoms in total. The first-order valence-corrected chi connectivity index (χ1v) is 8.39. The monoisotopic (exact) mass is 342 g/mol. The third kappa shape index (κ3) is 3.13. The maximum absolute atomic E-state index is 12.5. The first-order chi connectivity index (χ1) is 8.86. The van der Waals surface area contributed by atoms with Gasteiger partial charge in [-0.1, -0.05) is 28.1 Å². The summed E-state index contributed by atoms with van der Waals surface area (Å²) in [7, 11) is -3.56. The number of halogens is 1. The number of sulfonamides is 1. The second kappa shape index (κ2) is 5.19. The lowest BCUT2D eigenvalue weighted by atomic mass is 10.1. The average molecular weight is 343 g/mol. The molecule has 19 heavy (non-hydrogen) atoms. The van der Waals surface area contributed by atoms with Gasteiger partial charge in [-0.3, -0.25) is 4.98 Å². The highest BCUT2D eigenvalue weighted by Gasteiger charge is 2.26. The summed E-state index contributed by atoms with van der Waals surface area (Å²) in [4.78, 5) is 4.28. The summed E-state index contributed by atoms with van der Waals surface area (Å²) in [6, 6.07) is 6.89. The van der Waals surface area contributed by atoms with E-state index in [4.69, 9.17) is 0 Å². The van der Waals surface area contributed by atoms with E-state index in [0.29, 0.717) is 10.7 Å². The first kappa shape index (κ1) is 14.4. The zero-order valence-corrected chi connectivity index (χ0v) is 13.1. The standard InChI is InChI=1S/C13H15BrN2O2S/c1-13(2,9-14)16-19(17,18)12-5-3-4-10-8-15-7-6-11(10)12/h3-8,16H,9H2,1-2H3. The molecule has 6 heteroatoms. The quantitative estimate of drug-likeness (QED) is 0.869. The molecule has 0 saturated carbocycles. The summed E-state index contributed by atoms with van der Waals surface area (Å²) in [5, 5.41) is 2.02. The molecule has 1 aromatic heterocycles. The van der Waals surface area contributed by atoms with Crippen molar-refractivity contribution in [1.29, 1.82) is 0 Å². The fourth-order valence-electron chi connectivity index (χ4n) is 1.77. The molecule has 0 unspecified atom stereocenters. The van der Waals surface area contributed by atoms with Crippen LogP contribution in [0.2, 0.25) is 0 Å². The Morgan fingerprint density at radius 3 is 2.74 bits per heavy atom. The van der Waals surface area contributed by atoms with Crippen molar-refractivity contribution in [1.82, 2.24) is 9.71 Å². The summed E-state index contributed by atoms with van der Waals surface area (Å²) < 4.78 is 27.6. The highest BCUT2D eigenvalue weighted by molar-refractivity contribution is 9.09. The van der Waals surface area contributed by atoms with Gasteiger partial charge in [0.1, 0.15) is 0 Å². The average Bonchev–Trinajstić information content (AvgIpc) is 2.37. The minimum Gasteiger partial charge on any atom is -0.264 e. The van der Waals surface area contributed by atoms with Gasteiger partial charge in [0.2, 0.25) is 10.0 Å². The Labute approximate surface area is 121 Å². The van der Waals surface area contributed by atoms with Crippen LogP contribution in [0.1, 0.15) is 13.8 Å². The number of alkyl halides is 1. The maximum Gasteiger partial charge on any atom is 0.241 e. The SMILES string of the molecule is CC(C)(CBr)NS(=O)(=O)c1cccc2cnccc12. The van der Waals surface area contributed by atoms with Gasteiger partial charge in [-0.25, -0.2) is 13.1 Å². The minimum absolute atomic E-state index is 0.279. The number of hydrogen-bond donors (Lipinski definition) is 1. The Balaban J connectivity index is 2.55. The zero-order valence-electron chi connectivity index (χ0n) is 10.7. The molecule has 102 valence electrons. The number of rotatable bonds is 4. The van der Waals surface area contributed by atoms with Gasteiger partial charge in [-0.2, -0.15) is 0 Å². The van der Waals surface area contributed by atoms with E-state index in [1.165, 1.54) is 0 Å². The maximum atomic E-state index is 12.5. The van der Waals surface area contributed by atoms with E-state index < -0.39 is 15.6 Å². The number of benzene rings is 1. The largest absolute Gasteiger partial charge is 0.264 e. The van der Waals surface area contributed by atoms with Crippen LogP contribution in [-0.2, 0) is 10.0 Å². The van der Waals surface area contributed by atoms with Gasteiger partial charge in [-0.15, -0.1) is 0 Å². The molecule has 0 fully saturated rings. The molecule has 0 atom stereocenters. The van der Waals surface area contributed by atoms with Gasteiger partial charge in [-0.05, 0) is 26.0 Å². The summed E-state index contributed by atoms with van der Waals surface area (Å²) in [6.45, 7) is 3.65. The second-order valence-corrected chi connectivity index (χ2v) is 7.19. The third-order valence-electron chi connectivity index (χ3n) is 2.67. The van der Waals surface area contributed by atoms with Crippen LogP contribution in [0.4, 0.5) is 0 Å². The van der Waals surface area contributed by atoms with Gasteiger partial charge in [0.05, 0.1) is 4.90 Å². The molecular weight excluding hydrogens is 328 g/mol. The normalized spacial score (nSPS) is 12.8. The molecule has 1 aromatic carbocycles. The van der Waals surface area contributed by atoms with Crippen molar-refractivity contribution in [3.63, 3.8) is 0 Å². The molecule has 2 rings (SSSR count). The highest BCUT2D eigenvalue weighted by Crippen LogP contribution is 2.23. The van der Waals surface area contributed by atoms with E-state index in [1.54, 1.807) is 30.6 Å². The number of aromatic nitrogens is 1. The van der Waals surface area contributed by atoms with Crippen LogP contribution < -0.4 is 4.72 Å². The molecular formula is C13H15BrN2O2S. The Morgan fingerprint density at radius 1 is 1.32 bits per heavy atom. The molecule has 1 heterocycles. The van der Waals surface area contributed by atoms with Crippen LogP contribution in [0.25, 0.3) is 10.8 Å². The Kier molecular flexibility index (Phi) is 3.94. The summed E-state index contributed by atoms with van der Waals surface area (Å²) >= 11 is 3.31. The third-order valence-corrected chi connectivity index (χ3v) is 5.83. The van der Waals surface area contributed by atoms with Crippen molar-refractivity contribution >= 4 is 36.7 Å². The Hall–Kier alpha value is -0.980. The van der Waals surface area contributed by atoms with Crippen molar-refractivity contribution in [3.8, 4) is 0 Å². The first-order valence-electron chi connectivity index (χ1n) is 5.78. The molecule has 0 aliphatic carbocycles. The van der Waals surface area contributed by atoms with Crippen molar-refractivity contribution in [2.45, 2.75) is 24.3 Å². The van der Waals surface area contributed by atoms with E-state index in [1.807, 2.05) is 19.9 Å². The number of nitrogens with one attached hydrogen (secondary N) is 1. The Morgan fingerprint density at radius 2 is 2.05 bits per heavy atom. The van der Waals surface area contributed by atoms with Crippen molar-refractivity contribution in [3.05, 3.63) is 36.7 Å². The van der Waals surface area contributed by atoms with E-state index in [0.717, 1.165) is 5.39 Å². The lowest BCUT2D eigenvalue weighted by Gasteiger charge is -2.23. The molecule has 0 spiro atoms. The van der Waals surface area contributed by atoms with E-state index in [9.17, 15) is 8.42 Å². The molecule has 0 radical (unpaired) electrons. The summed E-state index contributed by atoms with van der Waals surface area (Å²) in [5.74, 6) is 0. The van der Waals surface area contributed by atoms with Crippen LogP contribution in [0.15, 0.2) is 41.6 Å². The van der Waals surface area contributed by atoms with E-state index in [-0.39, 0.29) is 4.90 Å². The van der Waals surface area contributed by atoms with Gasteiger partial charge >= 0.3 is 0 Å². The molecule has 1 N–H and O–H groups in total. The van der Waals surface area contributed by atoms with Crippen LogP contribution in [0.5, 0.6) is 0 Å². The minimum atomic E-state index is -3.56. The fraction of sp³-hybridized carbons (Fsp3) is 0.308. The number of pyridine rings is 1. The highest BCUT2D eigenvalue weighted by atomic mass is 79.9. The van der Waals surface area contributed by atoms with Crippen molar-refractivity contribution in [2.24, 2.45) is 0 Å². The van der Waals surface area contributed by atoms with Gasteiger partial charge < -0.3 is 0 Å².